The predicted molar refractivity (Wildman–Crippen MR) is 66.0 cm³/mol. The predicted octanol–water partition coefficient (Wildman–Crippen LogP) is 4.23. The van der Waals surface area contributed by atoms with Crippen LogP contribution < -0.4 is 10.1 Å². The third-order valence-corrected chi connectivity index (χ3v) is 2.40. The van der Waals surface area contributed by atoms with E-state index in [1.807, 2.05) is 6.92 Å². The van der Waals surface area contributed by atoms with Gasteiger partial charge in [0.1, 0.15) is 5.75 Å². The number of anilines is 1. The summed E-state index contributed by atoms with van der Waals surface area (Å²) in [7, 11) is 0. The van der Waals surface area contributed by atoms with E-state index in [9.17, 15) is 13.2 Å². The molecule has 0 saturated carbocycles. The summed E-state index contributed by atoms with van der Waals surface area (Å²) < 4.78 is 41.1. The Hall–Kier alpha value is -1.39. The highest BCUT2D eigenvalue weighted by Crippen LogP contribution is 2.27. The first-order valence-electron chi connectivity index (χ1n) is 5.97. The smallest absolute Gasteiger partial charge is 0.422 e. The quantitative estimate of drug-likeness (QED) is 0.827. The molecule has 1 atom stereocenters. The molecular weight excluding hydrogens is 243 g/mol. The molecule has 0 spiro atoms. The summed E-state index contributed by atoms with van der Waals surface area (Å²) in [6, 6.07) is 6.87. The van der Waals surface area contributed by atoms with Gasteiger partial charge in [0.15, 0.2) is 6.61 Å². The van der Waals surface area contributed by atoms with E-state index in [2.05, 4.69) is 12.2 Å². The minimum atomic E-state index is -4.32. The fourth-order valence-corrected chi connectivity index (χ4v) is 1.64. The topological polar surface area (TPSA) is 21.3 Å². The molecule has 0 fully saturated rings. The number of nitrogens with one attached hydrogen (secondary N) is 1. The molecule has 0 saturated heterocycles. The highest BCUT2D eigenvalue weighted by atomic mass is 19.4. The van der Waals surface area contributed by atoms with Crippen LogP contribution in [0.1, 0.15) is 26.7 Å². The molecule has 0 amide bonds. The molecule has 1 N–H and O–H groups in total. The first-order valence-corrected chi connectivity index (χ1v) is 5.97. The van der Waals surface area contributed by atoms with E-state index in [0.29, 0.717) is 5.69 Å². The van der Waals surface area contributed by atoms with Gasteiger partial charge in [-0.2, -0.15) is 13.2 Å². The Labute approximate surface area is 105 Å². The van der Waals surface area contributed by atoms with Crippen LogP contribution in [0.2, 0.25) is 0 Å². The molecule has 0 heterocycles. The molecule has 0 aliphatic heterocycles. The van der Waals surface area contributed by atoms with Gasteiger partial charge < -0.3 is 10.1 Å². The fraction of sp³-hybridized carbons (Fsp3) is 0.538. The van der Waals surface area contributed by atoms with Crippen molar-refractivity contribution < 1.29 is 17.9 Å². The highest BCUT2D eigenvalue weighted by Gasteiger charge is 2.28. The number of ether oxygens (including phenoxy) is 1. The molecular formula is C13H18F3NO. The lowest BCUT2D eigenvalue weighted by atomic mass is 10.2. The zero-order valence-electron chi connectivity index (χ0n) is 10.6. The highest BCUT2D eigenvalue weighted by molar-refractivity contribution is 5.56. The van der Waals surface area contributed by atoms with E-state index < -0.39 is 12.8 Å². The second-order valence-corrected chi connectivity index (χ2v) is 4.23. The van der Waals surface area contributed by atoms with Gasteiger partial charge in [0.2, 0.25) is 0 Å². The van der Waals surface area contributed by atoms with Crippen molar-refractivity contribution in [3.05, 3.63) is 24.3 Å². The molecule has 0 aliphatic carbocycles. The standard InChI is InChI=1S/C13H18F3NO/c1-3-6-10(2)17-11-7-4-5-8-12(11)18-9-13(14,15)16/h4-5,7-8,10,17H,3,6,9H2,1-2H3. The molecule has 18 heavy (non-hydrogen) atoms. The maximum atomic E-state index is 12.1. The lowest BCUT2D eigenvalue weighted by Crippen LogP contribution is -2.20. The van der Waals surface area contributed by atoms with Crippen LogP contribution in [0, 0.1) is 0 Å². The van der Waals surface area contributed by atoms with Crippen molar-refractivity contribution in [3.63, 3.8) is 0 Å². The summed E-state index contributed by atoms with van der Waals surface area (Å²) in [6.07, 6.45) is -2.35. The third kappa shape index (κ3) is 5.29. The van der Waals surface area contributed by atoms with Crippen LogP contribution in [0.15, 0.2) is 24.3 Å². The van der Waals surface area contributed by atoms with Gasteiger partial charge in [0.25, 0.3) is 0 Å². The molecule has 1 aromatic rings. The lowest BCUT2D eigenvalue weighted by Gasteiger charge is -2.18. The normalized spacial score (nSPS) is 13.2. The van der Waals surface area contributed by atoms with Crippen LogP contribution in [-0.2, 0) is 0 Å². The summed E-state index contributed by atoms with van der Waals surface area (Å²) >= 11 is 0. The molecule has 0 aliphatic rings. The van der Waals surface area contributed by atoms with Gasteiger partial charge in [-0.15, -0.1) is 0 Å². The number of hydrogen-bond donors (Lipinski definition) is 1. The summed E-state index contributed by atoms with van der Waals surface area (Å²) in [5.74, 6) is 0.234. The first-order chi connectivity index (χ1) is 8.42. The van der Waals surface area contributed by atoms with Crippen molar-refractivity contribution in [3.8, 4) is 5.75 Å². The number of para-hydroxylation sites is 2. The van der Waals surface area contributed by atoms with Crippen LogP contribution in [0.3, 0.4) is 0 Å². The summed E-state index contributed by atoms with van der Waals surface area (Å²) in [4.78, 5) is 0. The van der Waals surface area contributed by atoms with Gasteiger partial charge in [-0.3, -0.25) is 0 Å². The van der Waals surface area contributed by atoms with Crippen LogP contribution in [-0.4, -0.2) is 18.8 Å². The minimum Gasteiger partial charge on any atom is -0.482 e. The molecule has 0 bridgehead atoms. The van der Waals surface area contributed by atoms with Gasteiger partial charge in [-0.25, -0.2) is 0 Å². The Morgan fingerprint density at radius 3 is 2.56 bits per heavy atom. The van der Waals surface area contributed by atoms with E-state index in [1.165, 1.54) is 6.07 Å². The SMILES string of the molecule is CCCC(C)Nc1ccccc1OCC(F)(F)F. The monoisotopic (exact) mass is 261 g/mol. The molecule has 5 heteroatoms. The van der Waals surface area contributed by atoms with Crippen molar-refractivity contribution in [2.24, 2.45) is 0 Å². The Bertz CT molecular complexity index is 365. The average Bonchev–Trinajstić information content (AvgIpc) is 2.27. The van der Waals surface area contributed by atoms with Crippen molar-refractivity contribution in [1.82, 2.24) is 0 Å². The maximum Gasteiger partial charge on any atom is 0.422 e. The van der Waals surface area contributed by atoms with Crippen LogP contribution >= 0.6 is 0 Å². The minimum absolute atomic E-state index is 0.200. The number of benzene rings is 1. The van der Waals surface area contributed by atoms with Crippen LogP contribution in [0.25, 0.3) is 0 Å². The number of halogens is 3. The molecule has 0 radical (unpaired) electrons. The van der Waals surface area contributed by atoms with E-state index >= 15 is 0 Å². The van der Waals surface area contributed by atoms with Crippen LogP contribution in [0.5, 0.6) is 5.75 Å². The molecule has 1 unspecified atom stereocenters. The zero-order chi connectivity index (χ0) is 13.6. The number of hydrogen-bond acceptors (Lipinski definition) is 2. The Kier molecular flexibility index (Phi) is 5.31. The van der Waals surface area contributed by atoms with Gasteiger partial charge in [-0.05, 0) is 25.5 Å². The number of rotatable bonds is 6. The van der Waals surface area contributed by atoms with Crippen LogP contribution in [0.4, 0.5) is 18.9 Å². The fourth-order valence-electron chi connectivity index (χ4n) is 1.64. The van der Waals surface area contributed by atoms with Crippen molar-refractivity contribution in [2.75, 3.05) is 11.9 Å². The van der Waals surface area contributed by atoms with E-state index in [4.69, 9.17) is 4.74 Å². The largest absolute Gasteiger partial charge is 0.482 e. The van der Waals surface area contributed by atoms with Crippen molar-refractivity contribution in [2.45, 2.75) is 38.9 Å². The third-order valence-electron chi connectivity index (χ3n) is 2.40. The summed E-state index contributed by atoms with van der Waals surface area (Å²) in [5, 5.41) is 3.16. The number of alkyl halides is 3. The van der Waals surface area contributed by atoms with E-state index in [1.54, 1.807) is 18.2 Å². The maximum absolute atomic E-state index is 12.1. The van der Waals surface area contributed by atoms with Gasteiger partial charge in [0.05, 0.1) is 5.69 Å². The second-order valence-electron chi connectivity index (χ2n) is 4.23. The lowest BCUT2D eigenvalue weighted by molar-refractivity contribution is -0.153. The Balaban J connectivity index is 2.67. The van der Waals surface area contributed by atoms with E-state index in [-0.39, 0.29) is 11.8 Å². The molecule has 0 aromatic heterocycles. The first kappa shape index (κ1) is 14.7. The Morgan fingerprint density at radius 2 is 1.94 bits per heavy atom. The molecule has 1 rings (SSSR count). The molecule has 2 nitrogen and oxygen atoms in total. The van der Waals surface area contributed by atoms with Crippen molar-refractivity contribution in [1.29, 1.82) is 0 Å². The molecule has 1 aromatic carbocycles. The van der Waals surface area contributed by atoms with Gasteiger partial charge in [-0.1, -0.05) is 25.5 Å². The van der Waals surface area contributed by atoms with Crippen molar-refractivity contribution >= 4 is 5.69 Å². The second kappa shape index (κ2) is 6.52. The average molecular weight is 261 g/mol. The molecule has 102 valence electrons. The van der Waals surface area contributed by atoms with Gasteiger partial charge in [0, 0.05) is 6.04 Å². The van der Waals surface area contributed by atoms with Gasteiger partial charge >= 0.3 is 6.18 Å². The summed E-state index contributed by atoms with van der Waals surface area (Å²) in [6.45, 7) is 2.78. The van der Waals surface area contributed by atoms with E-state index in [0.717, 1.165) is 12.8 Å². The Morgan fingerprint density at radius 1 is 1.28 bits per heavy atom. The zero-order valence-corrected chi connectivity index (χ0v) is 10.6. The summed E-state index contributed by atoms with van der Waals surface area (Å²) in [5.41, 5.74) is 0.600.